The van der Waals surface area contributed by atoms with Crippen LogP contribution in [0.1, 0.15) is 114 Å². The molecule has 0 aromatic carbocycles. The molecular weight excluding hydrogens is 1840 g/mol. The van der Waals surface area contributed by atoms with Crippen LogP contribution in [-0.2, 0) is 4.92 Å². The maximum atomic E-state index is 2.70. The maximum absolute atomic E-state index is 2.70. The van der Waals surface area contributed by atoms with Crippen molar-refractivity contribution in [1.29, 1.82) is 0 Å². The van der Waals surface area contributed by atoms with Gasteiger partial charge in [0.05, 0.1) is 0 Å². The van der Waals surface area contributed by atoms with Gasteiger partial charge in [-0.25, -0.2) is 0 Å². The Labute approximate surface area is 747 Å². The van der Waals surface area contributed by atoms with Crippen molar-refractivity contribution in [2.75, 3.05) is 0 Å². The van der Waals surface area contributed by atoms with Crippen LogP contribution in [-0.4, -0.2) is 0 Å². The molecule has 0 amide bonds. The van der Waals surface area contributed by atoms with Crippen LogP contribution in [0.15, 0.2) is 495 Å². The first-order valence-electron chi connectivity index (χ1n) is 45.6. The molecule has 121 heavy (non-hydrogen) atoms. The molecule has 4 spiro atoms. The van der Waals surface area contributed by atoms with Crippen LogP contribution in [0.2, 0.25) is 0 Å². The van der Waals surface area contributed by atoms with Gasteiger partial charge in [-0.1, -0.05) is 228 Å². The van der Waals surface area contributed by atoms with Gasteiger partial charge in [-0.05, 0) is 382 Å². The number of halogens is 3. The van der Waals surface area contributed by atoms with E-state index in [0.29, 0.717) is 29.6 Å². The van der Waals surface area contributed by atoms with Gasteiger partial charge in [0.25, 0.3) is 0 Å². The van der Waals surface area contributed by atoms with Gasteiger partial charge >= 0.3 is 64.9 Å². The normalized spacial score (nSPS) is 36.8. The molecule has 4 heteroatoms. The summed E-state index contributed by atoms with van der Waals surface area (Å²) in [4.78, 5) is -0.278. The molecule has 580 valence electrons. The van der Waals surface area contributed by atoms with E-state index in [1.54, 1.807) is 206 Å². The Kier molecular flexibility index (Phi) is 12.5. The van der Waals surface area contributed by atoms with E-state index in [-0.39, 0.29) is 56.2 Å². The van der Waals surface area contributed by atoms with Crippen LogP contribution in [0.3, 0.4) is 0 Å². The number of allylic oxidation sites excluding steroid dienone is 86. The van der Waals surface area contributed by atoms with E-state index in [9.17, 15) is 0 Å². The third-order valence-electron chi connectivity index (χ3n) is 37.9. The fourth-order valence-corrected chi connectivity index (χ4v) is 34.7. The van der Waals surface area contributed by atoms with Gasteiger partial charge in [-0.15, -0.1) is 0 Å². The van der Waals surface area contributed by atoms with Crippen LogP contribution in [0.25, 0.3) is 0 Å². The van der Waals surface area contributed by atoms with Crippen molar-refractivity contribution >= 4 is 59.9 Å². The zero-order valence-corrected chi connectivity index (χ0v) is 77.6. The van der Waals surface area contributed by atoms with Crippen LogP contribution >= 0.6 is 59.9 Å². The zero-order valence-electron chi connectivity index (χ0n) is 69.8. The van der Waals surface area contributed by atoms with Crippen LogP contribution < -0.4 is 0 Å². The number of rotatable bonds is 10. The second-order valence-corrected chi connectivity index (χ2v) is 75.6. The summed E-state index contributed by atoms with van der Waals surface area (Å²) in [5, 5.41) is 0. The molecular formula is C117H86I3V. The van der Waals surface area contributed by atoms with Crippen molar-refractivity contribution in [2.24, 2.45) is 80.8 Å². The zero-order chi connectivity index (χ0) is 80.1. The van der Waals surface area contributed by atoms with E-state index in [1.165, 1.54) is 94.7 Å². The van der Waals surface area contributed by atoms with E-state index >= 15 is 0 Å². The molecule has 0 radical (unpaired) electrons. The quantitative estimate of drug-likeness (QED) is 0.191. The van der Waals surface area contributed by atoms with Crippen molar-refractivity contribution in [1.82, 2.24) is 0 Å². The van der Waals surface area contributed by atoms with Gasteiger partial charge in [0.1, 0.15) is 0 Å². The van der Waals surface area contributed by atoms with Crippen molar-refractivity contribution in [2.45, 2.75) is 114 Å². The van der Waals surface area contributed by atoms with Crippen molar-refractivity contribution in [3.05, 3.63) is 495 Å². The van der Waals surface area contributed by atoms with Crippen molar-refractivity contribution in [3.8, 4) is 0 Å². The number of hydrogen-bond acceptors (Lipinski definition) is 0. The predicted molar refractivity (Wildman–Crippen MR) is 512 cm³/mol. The molecule has 14 unspecified atom stereocenters. The van der Waals surface area contributed by atoms with E-state index in [4.69, 9.17) is 0 Å². The Hall–Kier alpha value is -8.41. The molecule has 0 saturated carbocycles. The first-order chi connectivity index (χ1) is 59.1. The molecule has 32 rings (SSSR count). The Morgan fingerprint density at radius 1 is 0.240 bits per heavy atom. The molecule has 0 saturated heterocycles. The van der Waals surface area contributed by atoms with Gasteiger partial charge in [0.15, 0.2) is 0 Å². The summed E-state index contributed by atoms with van der Waals surface area (Å²) in [7, 11) is 0. The fraction of sp³-hybridized carbons (Fsp3) is 0.265. The summed E-state index contributed by atoms with van der Waals surface area (Å²) < 4.78 is 0. The molecule has 0 nitrogen and oxygen atoms in total. The van der Waals surface area contributed by atoms with Crippen LogP contribution in [0.4, 0.5) is 0 Å². The van der Waals surface area contributed by atoms with Gasteiger partial charge < -0.3 is 0 Å². The molecule has 0 N–H and O–H groups in total. The third kappa shape index (κ3) is 6.81. The molecule has 0 aliphatic heterocycles. The Bertz CT molecular complexity index is 7490. The average molecular weight is 1920 g/mol. The second kappa shape index (κ2) is 21.9. The third-order valence-corrected chi connectivity index (χ3v) is 37.9. The summed E-state index contributed by atoms with van der Waals surface area (Å²) in [6.07, 6.45) is 90.9. The summed E-state index contributed by atoms with van der Waals surface area (Å²) >= 11 is 7.39. The van der Waals surface area contributed by atoms with Gasteiger partial charge in [-0.3, -0.25) is 0 Å². The molecule has 0 bridgehead atoms. The minimum atomic E-state index is -0.285. The van der Waals surface area contributed by atoms with Crippen LogP contribution in [0.5, 0.6) is 0 Å². The minimum absolute atomic E-state index is 0.0501. The molecule has 14 atom stereocenters. The second-order valence-electron chi connectivity index (χ2n) is 40.3. The first kappa shape index (κ1) is 69.0. The van der Waals surface area contributed by atoms with E-state index in [0.717, 1.165) is 44.9 Å². The van der Waals surface area contributed by atoms with E-state index in [1.807, 2.05) is 0 Å². The summed E-state index contributed by atoms with van der Waals surface area (Å²) in [5.74, 6) is 2.91. The monoisotopic (exact) mass is 1920 g/mol. The number of hydrogen-bond donors (Lipinski definition) is 0. The summed E-state index contributed by atoms with van der Waals surface area (Å²) in [5.41, 5.74) is 84.2. The standard InChI is InChI=1S/C117H86.3HI.V/c1-11-56-72-27-19-64-50(5)60-15-17-62-52(7)66-21-29-80-92(86-41-35-74(56)108(86)114(98(60)62,100(64)72)102(66)80)47-94-82-31-23-68-54(9)70-25-33-84-96(90-45-39-78-58(13-3)76-37-43-88(94)110(76)116(104(68)82,106(70)84)112(78)90)49-97-85-34-26-71-55(10)69-24-32-83-95(89-44-38-77-59(14-4)79-40-46-91(97)113(79)117(105(69)83,107(71)85)111(77)89)48-93-81-30-22-67-53(8)63-18-16-61-51(6)65-20-28-73-57(12-2)75-36-42-87(93)109(75)115(99(61)63,101(65)73)103(67)81;;;;/h15-46,66,98,101-104,107-108,111-112H,11-14,47-49H2,1-10H3;3*1H;/q;;;;+3/p-3. The Morgan fingerprint density at radius 2 is 0.529 bits per heavy atom. The van der Waals surface area contributed by atoms with Gasteiger partial charge in [0, 0.05) is 80.8 Å². The molecule has 32 aliphatic carbocycles. The van der Waals surface area contributed by atoms with Crippen LogP contribution in [0, 0.1) is 80.8 Å². The molecule has 32 aliphatic rings. The molecule has 0 heterocycles. The molecule has 0 aromatic rings. The Balaban J connectivity index is 0.00000175. The first-order valence-corrected chi connectivity index (χ1v) is 59.1. The summed E-state index contributed by atoms with van der Waals surface area (Å²) in [6, 6.07) is 0. The Morgan fingerprint density at radius 3 is 0.975 bits per heavy atom. The van der Waals surface area contributed by atoms with E-state index in [2.05, 4.69) is 324 Å². The fourth-order valence-electron chi connectivity index (χ4n) is 34.7. The molecule has 0 aromatic heterocycles. The average Bonchev–Trinajstić information content (AvgIpc) is 1.51. The summed E-state index contributed by atoms with van der Waals surface area (Å²) in [6.45, 7) is 24.8. The van der Waals surface area contributed by atoms with Gasteiger partial charge in [-0.2, -0.15) is 0 Å². The topological polar surface area (TPSA) is 0 Å². The predicted octanol–water partition coefficient (Wildman–Crippen LogP) is 29.0. The van der Waals surface area contributed by atoms with Crippen molar-refractivity contribution in [3.63, 3.8) is 0 Å². The SMILES string of the molecule is CCC1=C2C=CC3=C2C24C5=C(C=CC5=C(CC5=C6C=CC7=C6C68C9=C(C=CC9=C(C)C9=CC=C5C96)C(C)=C5C=CC(=C7CC)C58)C5=CC=C1C52)C(C)=C1C=CC(=C3CC2=C3C=CC5=C3C36C7=C(C=CC7=C(CC)C7=CC=C2C73)C(CC2=C3C=CC7C(C)=C8C=CC9=C(C)C%10=C%11C(=C(CC)C%12=CC=C2C%12C%11(C98)C37)C=C%10)=C2C=CC(=C5C)C26)C14.[I][V]([I])[I]. The molecule has 0 fully saturated rings. The van der Waals surface area contributed by atoms with E-state index < -0.39 is 0 Å². The van der Waals surface area contributed by atoms with Crippen molar-refractivity contribution < 1.29 is 4.92 Å². The van der Waals surface area contributed by atoms with Gasteiger partial charge in [0.2, 0.25) is 0 Å².